The molecule has 0 aromatic heterocycles. The molecule has 0 N–H and O–H groups in total. The van der Waals surface area contributed by atoms with Gasteiger partial charge in [0.15, 0.2) is 0 Å². The lowest BCUT2D eigenvalue weighted by atomic mass is 9.93. The molecule has 0 unspecified atom stereocenters. The van der Waals surface area contributed by atoms with Crippen molar-refractivity contribution in [2.45, 2.75) is 18.9 Å². The van der Waals surface area contributed by atoms with Gasteiger partial charge in [0.1, 0.15) is 0 Å². The van der Waals surface area contributed by atoms with Crippen LogP contribution in [0.15, 0.2) is 45.3 Å². The second kappa shape index (κ2) is 5.08. The Kier molecular flexibility index (Phi) is 3.32. The lowest BCUT2D eigenvalue weighted by molar-refractivity contribution is 0.112. The van der Waals surface area contributed by atoms with Gasteiger partial charge in [-0.1, -0.05) is 44.0 Å². The number of ether oxygens (including phenoxy) is 1. The second-order valence-electron chi connectivity index (χ2n) is 5.60. The van der Waals surface area contributed by atoms with Crippen LogP contribution in [0.4, 0.5) is 0 Å². The molecule has 3 heteroatoms. The van der Waals surface area contributed by atoms with Crippen molar-refractivity contribution in [1.82, 2.24) is 0 Å². The first-order chi connectivity index (χ1) is 10.2. The fraction of sp³-hybridized carbons (Fsp3) is 0.222. The summed E-state index contributed by atoms with van der Waals surface area (Å²) >= 11 is 7.21. The van der Waals surface area contributed by atoms with Gasteiger partial charge in [0, 0.05) is 16.1 Å². The molecular formula is C18H14Br2O. The molecule has 3 aromatic carbocycles. The van der Waals surface area contributed by atoms with Crippen LogP contribution in [0.2, 0.25) is 0 Å². The average molecular weight is 406 g/mol. The lowest BCUT2D eigenvalue weighted by Crippen LogP contribution is -2.08. The van der Waals surface area contributed by atoms with Crippen LogP contribution in [0.3, 0.4) is 0 Å². The van der Waals surface area contributed by atoms with Crippen LogP contribution < -0.4 is 0 Å². The summed E-state index contributed by atoms with van der Waals surface area (Å²) in [5.74, 6) is 0. The van der Waals surface area contributed by atoms with E-state index in [9.17, 15) is 0 Å². The minimum Gasteiger partial charge on any atom is -0.381 e. The van der Waals surface area contributed by atoms with Crippen molar-refractivity contribution in [3.63, 3.8) is 0 Å². The number of fused-ring (bicyclic) bond motifs is 6. The normalized spacial score (nSPS) is 15.0. The predicted molar refractivity (Wildman–Crippen MR) is 95.1 cm³/mol. The number of halogens is 2. The van der Waals surface area contributed by atoms with E-state index in [1.807, 2.05) is 7.11 Å². The molecule has 1 aliphatic carbocycles. The molecule has 106 valence electrons. The Hall–Kier alpha value is -0.900. The monoisotopic (exact) mass is 404 g/mol. The van der Waals surface area contributed by atoms with E-state index in [1.54, 1.807) is 0 Å². The summed E-state index contributed by atoms with van der Waals surface area (Å²) in [7, 11) is 1.81. The molecule has 0 atom stereocenters. The van der Waals surface area contributed by atoms with Crippen LogP contribution in [0.5, 0.6) is 0 Å². The van der Waals surface area contributed by atoms with E-state index >= 15 is 0 Å². The fourth-order valence-electron chi connectivity index (χ4n) is 3.49. The van der Waals surface area contributed by atoms with Crippen LogP contribution in [0.1, 0.15) is 11.1 Å². The second-order valence-corrected chi connectivity index (χ2v) is 7.43. The molecule has 0 heterocycles. The van der Waals surface area contributed by atoms with Crippen molar-refractivity contribution < 1.29 is 4.74 Å². The molecule has 0 bridgehead atoms. The summed E-state index contributed by atoms with van der Waals surface area (Å²) in [6.07, 6.45) is 2.33. The van der Waals surface area contributed by atoms with E-state index in [0.29, 0.717) is 6.10 Å². The third-order valence-electron chi connectivity index (χ3n) is 4.46. The Morgan fingerprint density at radius 2 is 1.29 bits per heavy atom. The third kappa shape index (κ3) is 2.14. The Morgan fingerprint density at radius 3 is 1.71 bits per heavy atom. The Morgan fingerprint density at radius 1 is 0.810 bits per heavy atom. The average Bonchev–Trinajstić information content (AvgIpc) is 2.91. The molecule has 4 rings (SSSR count). The van der Waals surface area contributed by atoms with Crippen LogP contribution >= 0.6 is 31.9 Å². The fourth-order valence-corrected chi connectivity index (χ4v) is 4.21. The van der Waals surface area contributed by atoms with Gasteiger partial charge in [-0.25, -0.2) is 0 Å². The van der Waals surface area contributed by atoms with Crippen molar-refractivity contribution in [2.75, 3.05) is 7.11 Å². The van der Waals surface area contributed by atoms with Gasteiger partial charge in [0.25, 0.3) is 0 Å². The maximum atomic E-state index is 5.62. The van der Waals surface area contributed by atoms with Crippen LogP contribution in [0, 0.1) is 0 Å². The van der Waals surface area contributed by atoms with E-state index < -0.39 is 0 Å². The largest absolute Gasteiger partial charge is 0.381 e. The van der Waals surface area contributed by atoms with Gasteiger partial charge in [-0.05, 0) is 69.8 Å². The zero-order valence-electron chi connectivity index (χ0n) is 11.6. The van der Waals surface area contributed by atoms with Crippen molar-refractivity contribution in [2.24, 2.45) is 0 Å². The quantitative estimate of drug-likeness (QED) is 0.476. The molecule has 1 aliphatic rings. The molecular weight excluding hydrogens is 392 g/mol. The topological polar surface area (TPSA) is 9.23 Å². The lowest BCUT2D eigenvalue weighted by Gasteiger charge is -2.12. The summed E-state index contributed by atoms with van der Waals surface area (Å²) in [6, 6.07) is 13.2. The number of hydrogen-bond donors (Lipinski definition) is 0. The molecule has 0 saturated carbocycles. The van der Waals surface area contributed by atoms with Gasteiger partial charge in [-0.2, -0.15) is 0 Å². The third-order valence-corrected chi connectivity index (χ3v) is 5.45. The standard InChI is InChI=1S/C18H14Br2O/c1-21-12-8-17-13-4-2-10(19)6-15(13)16-7-11(20)3-5-14(16)18(17)9-12/h2-7,12H,8-9H2,1H3. The minimum absolute atomic E-state index is 0.307. The summed E-state index contributed by atoms with van der Waals surface area (Å²) in [5, 5.41) is 5.35. The summed E-state index contributed by atoms with van der Waals surface area (Å²) in [5.41, 5.74) is 2.92. The molecule has 0 fully saturated rings. The van der Waals surface area contributed by atoms with Gasteiger partial charge in [-0.3, -0.25) is 0 Å². The molecule has 0 spiro atoms. The summed E-state index contributed by atoms with van der Waals surface area (Å²) in [6.45, 7) is 0. The first kappa shape index (κ1) is 13.7. The molecule has 21 heavy (non-hydrogen) atoms. The van der Waals surface area contributed by atoms with Crippen LogP contribution in [-0.2, 0) is 17.6 Å². The predicted octanol–water partition coefficient (Wildman–Crippen LogP) is 5.63. The Labute approximate surface area is 140 Å². The molecule has 1 nitrogen and oxygen atoms in total. The van der Waals surface area contributed by atoms with E-state index in [-0.39, 0.29) is 0 Å². The summed E-state index contributed by atoms with van der Waals surface area (Å²) < 4.78 is 7.87. The van der Waals surface area contributed by atoms with Crippen molar-refractivity contribution in [1.29, 1.82) is 0 Å². The van der Waals surface area contributed by atoms with Gasteiger partial charge in [0.2, 0.25) is 0 Å². The SMILES string of the molecule is COC1Cc2c(c3ccc(Br)cc3c3cc(Br)ccc23)C1. The number of hydrogen-bond acceptors (Lipinski definition) is 1. The highest BCUT2D eigenvalue weighted by Gasteiger charge is 2.25. The van der Waals surface area contributed by atoms with E-state index in [2.05, 4.69) is 68.3 Å². The molecule has 0 saturated heterocycles. The van der Waals surface area contributed by atoms with E-state index in [1.165, 1.54) is 32.7 Å². The molecule has 0 aliphatic heterocycles. The number of benzene rings is 3. The van der Waals surface area contributed by atoms with Gasteiger partial charge >= 0.3 is 0 Å². The maximum Gasteiger partial charge on any atom is 0.0652 e. The van der Waals surface area contributed by atoms with Crippen molar-refractivity contribution in [3.8, 4) is 0 Å². The van der Waals surface area contributed by atoms with Gasteiger partial charge < -0.3 is 4.74 Å². The highest BCUT2D eigenvalue weighted by molar-refractivity contribution is 9.10. The Bertz CT molecular complexity index is 799. The summed E-state index contributed by atoms with van der Waals surface area (Å²) in [4.78, 5) is 0. The van der Waals surface area contributed by atoms with Crippen molar-refractivity contribution >= 4 is 53.4 Å². The Balaban J connectivity index is 2.17. The molecule has 0 amide bonds. The van der Waals surface area contributed by atoms with Gasteiger partial charge in [0.05, 0.1) is 6.10 Å². The zero-order valence-corrected chi connectivity index (χ0v) is 14.8. The first-order valence-electron chi connectivity index (χ1n) is 7.02. The zero-order chi connectivity index (χ0) is 14.6. The molecule has 3 aromatic rings. The highest BCUT2D eigenvalue weighted by Crippen LogP contribution is 2.40. The number of methoxy groups -OCH3 is 1. The maximum absolute atomic E-state index is 5.62. The van der Waals surface area contributed by atoms with Gasteiger partial charge in [-0.15, -0.1) is 0 Å². The first-order valence-corrected chi connectivity index (χ1v) is 8.61. The number of rotatable bonds is 1. The smallest absolute Gasteiger partial charge is 0.0652 e. The van der Waals surface area contributed by atoms with Crippen LogP contribution in [-0.4, -0.2) is 13.2 Å². The molecule has 0 radical (unpaired) electrons. The van der Waals surface area contributed by atoms with E-state index in [0.717, 1.165) is 21.8 Å². The van der Waals surface area contributed by atoms with E-state index in [4.69, 9.17) is 4.74 Å². The van der Waals surface area contributed by atoms with Crippen molar-refractivity contribution in [3.05, 3.63) is 56.5 Å². The van der Waals surface area contributed by atoms with Crippen LogP contribution in [0.25, 0.3) is 21.5 Å². The highest BCUT2D eigenvalue weighted by atomic mass is 79.9. The minimum atomic E-state index is 0.307.